The second-order valence-corrected chi connectivity index (χ2v) is 7.72. The van der Waals surface area contributed by atoms with Crippen molar-refractivity contribution in [3.05, 3.63) is 46.3 Å². The van der Waals surface area contributed by atoms with Gasteiger partial charge in [0.1, 0.15) is 5.00 Å². The molecule has 0 spiro atoms. The van der Waals surface area contributed by atoms with Gasteiger partial charge in [0.2, 0.25) is 0 Å². The summed E-state index contributed by atoms with van der Waals surface area (Å²) in [5.41, 5.74) is 5.45. The number of ether oxygens (including phenoxy) is 1. The lowest BCUT2D eigenvalue weighted by Crippen LogP contribution is -2.30. The number of hydrogen-bond donors (Lipinski definition) is 2. The standard InChI is InChI=1S/C17H17ClN2O4S2/c1-10(16(23)20-17-13(15(19)22)6-8-26-17)24-14(21)7-9-25-12-4-2-11(18)3-5-12/h2-6,8,10H,7,9H2,1H3,(H2,19,22)(H,20,23)/t10-/m1/s1. The van der Waals surface area contributed by atoms with Crippen molar-refractivity contribution in [2.24, 2.45) is 5.73 Å². The summed E-state index contributed by atoms with van der Waals surface area (Å²) in [5.74, 6) is -1.11. The third-order valence-corrected chi connectivity index (χ3v) is 5.33. The number of thiophene rings is 1. The monoisotopic (exact) mass is 412 g/mol. The van der Waals surface area contributed by atoms with Crippen LogP contribution >= 0.6 is 34.7 Å². The molecular weight excluding hydrogens is 396 g/mol. The van der Waals surface area contributed by atoms with E-state index in [1.165, 1.54) is 36.1 Å². The van der Waals surface area contributed by atoms with Crippen molar-refractivity contribution in [1.29, 1.82) is 0 Å². The lowest BCUT2D eigenvalue weighted by Gasteiger charge is -2.13. The van der Waals surface area contributed by atoms with Crippen molar-refractivity contribution >= 4 is 57.5 Å². The first kappa shape index (κ1) is 20.3. The van der Waals surface area contributed by atoms with Crippen LogP contribution in [0, 0.1) is 0 Å². The van der Waals surface area contributed by atoms with Gasteiger partial charge in [-0.25, -0.2) is 0 Å². The summed E-state index contributed by atoms with van der Waals surface area (Å²) in [5, 5.41) is 5.18. The molecule has 0 saturated heterocycles. The number of anilines is 1. The van der Waals surface area contributed by atoms with E-state index in [4.69, 9.17) is 22.1 Å². The highest BCUT2D eigenvalue weighted by atomic mass is 35.5. The van der Waals surface area contributed by atoms with Gasteiger partial charge in [0.15, 0.2) is 6.10 Å². The summed E-state index contributed by atoms with van der Waals surface area (Å²) < 4.78 is 5.12. The minimum atomic E-state index is -0.981. The molecule has 0 aliphatic heterocycles. The molecule has 0 radical (unpaired) electrons. The minimum Gasteiger partial charge on any atom is -0.453 e. The van der Waals surface area contributed by atoms with E-state index < -0.39 is 23.9 Å². The Kier molecular flexibility index (Phi) is 7.50. The maximum atomic E-state index is 12.1. The average Bonchev–Trinajstić information content (AvgIpc) is 3.05. The zero-order valence-electron chi connectivity index (χ0n) is 13.9. The molecule has 9 heteroatoms. The van der Waals surface area contributed by atoms with E-state index in [1.54, 1.807) is 17.5 Å². The average molecular weight is 413 g/mol. The zero-order chi connectivity index (χ0) is 19.1. The van der Waals surface area contributed by atoms with Crippen LogP contribution in [0.25, 0.3) is 0 Å². The summed E-state index contributed by atoms with van der Waals surface area (Å²) in [7, 11) is 0. The molecular formula is C17H17ClN2O4S2. The molecule has 1 atom stereocenters. The fourth-order valence-electron chi connectivity index (χ4n) is 1.91. The van der Waals surface area contributed by atoms with Crippen molar-refractivity contribution in [2.75, 3.05) is 11.1 Å². The van der Waals surface area contributed by atoms with Gasteiger partial charge in [-0.3, -0.25) is 14.4 Å². The highest BCUT2D eigenvalue weighted by molar-refractivity contribution is 7.99. The second-order valence-electron chi connectivity index (χ2n) is 5.20. The molecule has 0 bridgehead atoms. The molecule has 1 aromatic heterocycles. The van der Waals surface area contributed by atoms with Gasteiger partial charge in [0.05, 0.1) is 12.0 Å². The predicted molar refractivity (Wildman–Crippen MR) is 104 cm³/mol. The molecule has 0 unspecified atom stereocenters. The van der Waals surface area contributed by atoms with Crippen LogP contribution in [-0.4, -0.2) is 29.6 Å². The summed E-state index contributed by atoms with van der Waals surface area (Å²) in [4.78, 5) is 36.2. The van der Waals surface area contributed by atoms with Gasteiger partial charge in [-0.15, -0.1) is 23.1 Å². The first-order valence-electron chi connectivity index (χ1n) is 7.63. The number of amides is 2. The maximum absolute atomic E-state index is 12.1. The number of carbonyl (C=O) groups excluding carboxylic acids is 3. The van der Waals surface area contributed by atoms with Crippen molar-refractivity contribution in [3.8, 4) is 0 Å². The summed E-state index contributed by atoms with van der Waals surface area (Å²) in [6.07, 6.45) is -0.818. The van der Waals surface area contributed by atoms with Crippen molar-refractivity contribution < 1.29 is 19.1 Å². The van der Waals surface area contributed by atoms with Crippen LogP contribution in [-0.2, 0) is 14.3 Å². The number of nitrogens with one attached hydrogen (secondary N) is 1. The van der Waals surface area contributed by atoms with E-state index in [1.807, 2.05) is 12.1 Å². The topological polar surface area (TPSA) is 98.5 Å². The van der Waals surface area contributed by atoms with Crippen molar-refractivity contribution in [3.63, 3.8) is 0 Å². The van der Waals surface area contributed by atoms with Crippen LogP contribution in [0.5, 0.6) is 0 Å². The zero-order valence-corrected chi connectivity index (χ0v) is 16.2. The Hall–Kier alpha value is -2.03. The molecule has 2 rings (SSSR count). The molecule has 6 nitrogen and oxygen atoms in total. The van der Waals surface area contributed by atoms with Gasteiger partial charge in [-0.1, -0.05) is 11.6 Å². The van der Waals surface area contributed by atoms with Gasteiger partial charge in [-0.2, -0.15) is 0 Å². The van der Waals surface area contributed by atoms with Crippen molar-refractivity contribution in [1.82, 2.24) is 0 Å². The highest BCUT2D eigenvalue weighted by Gasteiger charge is 2.20. The Morgan fingerprint density at radius 3 is 2.62 bits per heavy atom. The van der Waals surface area contributed by atoms with E-state index in [0.29, 0.717) is 15.8 Å². The summed E-state index contributed by atoms with van der Waals surface area (Å²) >= 11 is 8.48. The molecule has 2 aromatic rings. The van der Waals surface area contributed by atoms with E-state index in [2.05, 4.69) is 5.32 Å². The van der Waals surface area contributed by atoms with E-state index >= 15 is 0 Å². The van der Waals surface area contributed by atoms with Crippen LogP contribution in [0.1, 0.15) is 23.7 Å². The molecule has 3 N–H and O–H groups in total. The van der Waals surface area contributed by atoms with Crippen LogP contribution < -0.4 is 11.1 Å². The highest BCUT2D eigenvalue weighted by Crippen LogP contribution is 2.23. The Balaban J connectivity index is 1.77. The number of thioether (sulfide) groups is 1. The van der Waals surface area contributed by atoms with Gasteiger partial charge >= 0.3 is 5.97 Å². The maximum Gasteiger partial charge on any atom is 0.307 e. The fourth-order valence-corrected chi connectivity index (χ4v) is 3.66. The van der Waals surface area contributed by atoms with E-state index in [0.717, 1.165) is 4.90 Å². The normalized spacial score (nSPS) is 11.6. The molecule has 138 valence electrons. The third-order valence-electron chi connectivity index (χ3n) is 3.23. The van der Waals surface area contributed by atoms with Gasteiger partial charge in [-0.05, 0) is 42.6 Å². The number of rotatable bonds is 8. The lowest BCUT2D eigenvalue weighted by molar-refractivity contribution is -0.152. The first-order valence-corrected chi connectivity index (χ1v) is 9.87. The van der Waals surface area contributed by atoms with Crippen LogP contribution in [0.4, 0.5) is 5.00 Å². The van der Waals surface area contributed by atoms with Gasteiger partial charge in [0, 0.05) is 15.7 Å². The predicted octanol–water partition coefficient (Wildman–Crippen LogP) is 3.55. The quantitative estimate of drug-likeness (QED) is 0.510. The number of primary amides is 1. The Morgan fingerprint density at radius 1 is 1.27 bits per heavy atom. The molecule has 26 heavy (non-hydrogen) atoms. The molecule has 0 aliphatic carbocycles. The number of esters is 1. The molecule has 0 fully saturated rings. The number of benzene rings is 1. The van der Waals surface area contributed by atoms with Gasteiger partial charge < -0.3 is 15.8 Å². The largest absolute Gasteiger partial charge is 0.453 e. The first-order chi connectivity index (χ1) is 12.4. The van der Waals surface area contributed by atoms with Gasteiger partial charge in [0.25, 0.3) is 11.8 Å². The summed E-state index contributed by atoms with van der Waals surface area (Å²) in [6.45, 7) is 1.47. The molecule has 0 saturated carbocycles. The van der Waals surface area contributed by atoms with E-state index in [-0.39, 0.29) is 12.0 Å². The Morgan fingerprint density at radius 2 is 1.96 bits per heavy atom. The second kappa shape index (κ2) is 9.61. The van der Waals surface area contributed by atoms with Crippen LogP contribution in [0.2, 0.25) is 5.02 Å². The molecule has 1 heterocycles. The smallest absolute Gasteiger partial charge is 0.307 e. The van der Waals surface area contributed by atoms with Crippen LogP contribution in [0.15, 0.2) is 40.6 Å². The van der Waals surface area contributed by atoms with Crippen molar-refractivity contribution in [2.45, 2.75) is 24.3 Å². The number of hydrogen-bond acceptors (Lipinski definition) is 6. The third kappa shape index (κ3) is 6.05. The molecule has 1 aromatic carbocycles. The van der Waals surface area contributed by atoms with Crippen LogP contribution in [0.3, 0.4) is 0 Å². The summed E-state index contributed by atoms with van der Waals surface area (Å²) in [6, 6.07) is 8.81. The molecule has 2 amide bonds. The number of carbonyl (C=O) groups is 3. The fraction of sp³-hybridized carbons (Fsp3) is 0.235. The lowest BCUT2D eigenvalue weighted by atomic mass is 10.3. The van der Waals surface area contributed by atoms with E-state index in [9.17, 15) is 14.4 Å². The minimum absolute atomic E-state index is 0.163. The molecule has 0 aliphatic rings. The number of nitrogens with two attached hydrogens (primary N) is 1. The Labute approximate surface area is 164 Å². The number of halogens is 1. The SMILES string of the molecule is C[C@@H](OC(=O)CCSc1ccc(Cl)cc1)C(=O)Nc1sccc1C(N)=O. The Bertz CT molecular complexity index is 792.